The maximum absolute atomic E-state index is 13.1. The summed E-state index contributed by atoms with van der Waals surface area (Å²) in [6.07, 6.45) is 2.67. The van der Waals surface area contributed by atoms with Crippen LogP contribution in [-0.4, -0.2) is 32.6 Å². The molecule has 2 heterocycles. The van der Waals surface area contributed by atoms with Crippen molar-refractivity contribution in [2.24, 2.45) is 5.73 Å². The van der Waals surface area contributed by atoms with Crippen LogP contribution in [0.5, 0.6) is 0 Å². The van der Waals surface area contributed by atoms with Gasteiger partial charge < -0.3 is 10.2 Å². The highest BCUT2D eigenvalue weighted by Gasteiger charge is 2.24. The molecular formula is C19H18FN3O4S. The van der Waals surface area contributed by atoms with Crippen molar-refractivity contribution < 1.29 is 22.0 Å². The molecule has 146 valence electrons. The number of carbonyl (C=O) groups is 1. The third kappa shape index (κ3) is 3.61. The van der Waals surface area contributed by atoms with Crippen LogP contribution in [0.2, 0.25) is 0 Å². The number of sulfonamides is 1. The van der Waals surface area contributed by atoms with Crippen LogP contribution >= 0.6 is 0 Å². The average Bonchev–Trinajstić information content (AvgIpc) is 2.97. The summed E-state index contributed by atoms with van der Waals surface area (Å²) in [7, 11) is -2.22. The zero-order valence-electron chi connectivity index (χ0n) is 15.3. The predicted molar refractivity (Wildman–Crippen MR) is 105 cm³/mol. The van der Waals surface area contributed by atoms with E-state index in [4.69, 9.17) is 10.2 Å². The molecular weight excluding hydrogens is 385 g/mol. The molecule has 2 N–H and O–H groups in total. The molecule has 3 aromatic rings. The number of amides is 1. The van der Waals surface area contributed by atoms with E-state index in [1.807, 2.05) is 0 Å². The van der Waals surface area contributed by atoms with Crippen molar-refractivity contribution in [3.63, 3.8) is 0 Å². The second-order valence-electron chi connectivity index (χ2n) is 6.26. The maximum Gasteiger partial charge on any atom is 0.252 e. The lowest BCUT2D eigenvalue weighted by molar-refractivity contribution is 0.1000. The van der Waals surface area contributed by atoms with Gasteiger partial charge in [-0.15, -0.1) is 0 Å². The number of aromatic nitrogens is 1. The molecule has 1 aromatic carbocycles. The van der Waals surface area contributed by atoms with Crippen molar-refractivity contribution in [1.29, 1.82) is 0 Å². The smallest absolute Gasteiger partial charge is 0.252 e. The number of benzene rings is 1. The van der Waals surface area contributed by atoms with Crippen LogP contribution in [0, 0.1) is 5.82 Å². The first kappa shape index (κ1) is 19.6. The average molecular weight is 403 g/mol. The molecule has 0 saturated carbocycles. The molecule has 0 aliphatic carbocycles. The Hall–Kier alpha value is -3.20. The fourth-order valence-electron chi connectivity index (χ4n) is 2.82. The van der Waals surface area contributed by atoms with Gasteiger partial charge in [0, 0.05) is 19.0 Å². The number of pyridine rings is 1. The van der Waals surface area contributed by atoms with Crippen LogP contribution in [-0.2, 0) is 16.4 Å². The van der Waals surface area contributed by atoms with Gasteiger partial charge in [-0.3, -0.25) is 9.10 Å². The summed E-state index contributed by atoms with van der Waals surface area (Å²) in [6, 6.07) is 7.30. The first-order valence-corrected chi connectivity index (χ1v) is 10.0. The van der Waals surface area contributed by atoms with Gasteiger partial charge >= 0.3 is 0 Å². The number of nitrogens with two attached hydrogens (primary N) is 1. The van der Waals surface area contributed by atoms with Gasteiger partial charge in [0.2, 0.25) is 15.7 Å². The summed E-state index contributed by atoms with van der Waals surface area (Å²) in [5.74, 6) is -0.718. The summed E-state index contributed by atoms with van der Waals surface area (Å²) in [5.41, 5.74) is 6.86. The highest BCUT2D eigenvalue weighted by Crippen LogP contribution is 2.32. The highest BCUT2D eigenvalue weighted by molar-refractivity contribution is 7.92. The number of rotatable bonds is 6. The summed E-state index contributed by atoms with van der Waals surface area (Å²) >= 11 is 0. The standard InChI is InChI=1S/C19H18FN3O4S/c1-4-12-10-14-16(17(21)24)15(9-11-5-7-13(20)8-6-11)27-19(14)22-18(12)23(2)28(3,25)26/h4-8,10H,1,9H2,2-3H3,(H2,21,24). The van der Waals surface area contributed by atoms with Gasteiger partial charge in [0.25, 0.3) is 5.91 Å². The van der Waals surface area contributed by atoms with Gasteiger partial charge in [-0.2, -0.15) is 4.98 Å². The Kier molecular flexibility index (Phi) is 4.95. The number of hydrogen-bond acceptors (Lipinski definition) is 5. The maximum atomic E-state index is 13.1. The topological polar surface area (TPSA) is 106 Å². The lowest BCUT2D eigenvalue weighted by Crippen LogP contribution is -2.26. The van der Waals surface area contributed by atoms with E-state index in [0.29, 0.717) is 16.5 Å². The summed E-state index contributed by atoms with van der Waals surface area (Å²) in [6.45, 7) is 3.68. The van der Waals surface area contributed by atoms with Crippen LogP contribution in [0.4, 0.5) is 10.2 Å². The van der Waals surface area contributed by atoms with E-state index < -0.39 is 15.9 Å². The van der Waals surface area contributed by atoms with E-state index in [1.54, 1.807) is 18.2 Å². The predicted octanol–water partition coefficient (Wildman–Crippen LogP) is 2.70. The molecule has 0 spiro atoms. The zero-order valence-corrected chi connectivity index (χ0v) is 16.1. The first-order chi connectivity index (χ1) is 13.1. The van der Waals surface area contributed by atoms with Crippen molar-refractivity contribution >= 4 is 38.9 Å². The van der Waals surface area contributed by atoms with E-state index in [0.717, 1.165) is 10.6 Å². The Bertz CT molecular complexity index is 1180. The van der Waals surface area contributed by atoms with E-state index >= 15 is 0 Å². The quantitative estimate of drug-likeness (QED) is 0.681. The molecule has 9 heteroatoms. The molecule has 3 rings (SSSR count). The van der Waals surface area contributed by atoms with Crippen LogP contribution in [0.25, 0.3) is 17.2 Å². The molecule has 0 bridgehead atoms. The molecule has 1 amide bonds. The Balaban J connectivity index is 2.20. The molecule has 0 unspecified atom stereocenters. The van der Waals surface area contributed by atoms with Crippen LogP contribution < -0.4 is 10.0 Å². The second kappa shape index (κ2) is 7.08. The molecule has 0 saturated heterocycles. The van der Waals surface area contributed by atoms with E-state index in [2.05, 4.69) is 11.6 Å². The summed E-state index contributed by atoms with van der Waals surface area (Å²) in [4.78, 5) is 16.3. The first-order valence-electron chi connectivity index (χ1n) is 8.18. The van der Waals surface area contributed by atoms with Gasteiger partial charge in [0.15, 0.2) is 5.82 Å². The minimum Gasteiger partial charge on any atom is -0.441 e. The molecule has 0 aliphatic heterocycles. The lowest BCUT2D eigenvalue weighted by Gasteiger charge is -2.17. The van der Waals surface area contributed by atoms with Crippen molar-refractivity contribution in [3.05, 3.63) is 65.2 Å². The van der Waals surface area contributed by atoms with E-state index in [1.165, 1.54) is 25.3 Å². The Morgan fingerprint density at radius 1 is 1.36 bits per heavy atom. The lowest BCUT2D eigenvalue weighted by atomic mass is 10.0. The fraction of sp³-hybridized carbons (Fsp3) is 0.158. The van der Waals surface area contributed by atoms with Gasteiger partial charge in [-0.05, 0) is 23.8 Å². The fourth-order valence-corrected chi connectivity index (χ4v) is 3.28. The second-order valence-corrected chi connectivity index (χ2v) is 8.27. The number of anilines is 1. The van der Waals surface area contributed by atoms with E-state index in [-0.39, 0.29) is 35.1 Å². The number of halogens is 1. The summed E-state index contributed by atoms with van der Waals surface area (Å²) in [5, 5.41) is 0.352. The van der Waals surface area contributed by atoms with Gasteiger partial charge in [0.1, 0.15) is 11.6 Å². The summed E-state index contributed by atoms with van der Waals surface area (Å²) < 4.78 is 43.7. The van der Waals surface area contributed by atoms with Crippen LogP contribution in [0.15, 0.2) is 41.3 Å². The Morgan fingerprint density at radius 2 is 2.00 bits per heavy atom. The number of primary amides is 1. The molecule has 2 aromatic heterocycles. The number of nitrogens with zero attached hydrogens (tertiary/aromatic N) is 2. The number of fused-ring (bicyclic) bond motifs is 1. The molecule has 28 heavy (non-hydrogen) atoms. The molecule has 7 nitrogen and oxygen atoms in total. The molecule has 0 radical (unpaired) electrons. The van der Waals surface area contributed by atoms with Crippen molar-refractivity contribution in [3.8, 4) is 0 Å². The number of hydrogen-bond donors (Lipinski definition) is 1. The molecule has 0 fully saturated rings. The highest BCUT2D eigenvalue weighted by atomic mass is 32.2. The minimum atomic E-state index is -3.58. The number of furan rings is 1. The third-order valence-electron chi connectivity index (χ3n) is 4.30. The zero-order chi connectivity index (χ0) is 20.6. The third-order valence-corrected chi connectivity index (χ3v) is 5.47. The van der Waals surface area contributed by atoms with Gasteiger partial charge in [-0.1, -0.05) is 24.8 Å². The normalized spacial score (nSPS) is 11.5. The molecule has 0 atom stereocenters. The number of carbonyl (C=O) groups excluding carboxylic acids is 1. The van der Waals surface area contributed by atoms with E-state index in [9.17, 15) is 17.6 Å². The minimum absolute atomic E-state index is 0.0713. The van der Waals surface area contributed by atoms with Crippen molar-refractivity contribution in [2.75, 3.05) is 17.6 Å². The van der Waals surface area contributed by atoms with Crippen LogP contribution in [0.1, 0.15) is 27.2 Å². The largest absolute Gasteiger partial charge is 0.441 e. The SMILES string of the molecule is C=Cc1cc2c(C(N)=O)c(Cc3ccc(F)cc3)oc2nc1N(C)S(C)(=O)=O. The Labute approximate surface area is 161 Å². The van der Waals surface area contributed by atoms with Crippen LogP contribution in [0.3, 0.4) is 0 Å². The molecule has 0 aliphatic rings. The van der Waals surface area contributed by atoms with Gasteiger partial charge in [-0.25, -0.2) is 12.8 Å². The van der Waals surface area contributed by atoms with Crippen molar-refractivity contribution in [1.82, 2.24) is 4.98 Å². The van der Waals surface area contributed by atoms with Gasteiger partial charge in [0.05, 0.1) is 17.2 Å². The monoisotopic (exact) mass is 403 g/mol. The Morgan fingerprint density at radius 3 is 2.54 bits per heavy atom. The van der Waals surface area contributed by atoms with Crippen molar-refractivity contribution in [2.45, 2.75) is 6.42 Å².